The Kier molecular flexibility index (Phi) is 6.25. The Morgan fingerprint density at radius 2 is 1.77 bits per heavy atom. The van der Waals surface area contributed by atoms with Crippen LogP contribution in [0.1, 0.15) is 44.1 Å². The molecule has 0 saturated carbocycles. The molecular weight excluding hydrogens is 444 g/mol. The van der Waals surface area contributed by atoms with Crippen molar-refractivity contribution in [2.45, 2.75) is 52.4 Å². The molecule has 0 radical (unpaired) electrons. The molecule has 1 aliphatic heterocycles. The van der Waals surface area contributed by atoms with E-state index < -0.39 is 0 Å². The number of H-pyrrole nitrogens is 1. The van der Waals surface area contributed by atoms with E-state index in [1.54, 1.807) is 0 Å². The molecule has 4 aromatic rings. The standard InChI is InChI=1S/C26H30N6O3/c1-4-26(2,3)32-24(28-29-30-32)17-31(15-18-8-6-5-7-9-18)16-20-12-19-13-22-23(35-11-10-34-22)14-21(19)27-25(20)33/h5-9,12-14H,4,10-11,15-17H2,1-3H3,(H,27,33). The van der Waals surface area contributed by atoms with Crippen molar-refractivity contribution in [3.8, 4) is 11.5 Å². The van der Waals surface area contributed by atoms with Crippen LogP contribution >= 0.6 is 0 Å². The fourth-order valence-corrected chi connectivity index (χ4v) is 4.28. The van der Waals surface area contributed by atoms with Gasteiger partial charge in [0.25, 0.3) is 5.56 Å². The van der Waals surface area contributed by atoms with Crippen molar-refractivity contribution in [2.24, 2.45) is 0 Å². The number of hydrogen-bond acceptors (Lipinski definition) is 7. The maximum Gasteiger partial charge on any atom is 0.252 e. The molecular formula is C26H30N6O3. The van der Waals surface area contributed by atoms with Crippen molar-refractivity contribution in [3.05, 3.63) is 75.8 Å². The second-order valence-corrected chi connectivity index (χ2v) is 9.51. The molecule has 1 N–H and O–H groups in total. The number of tetrazole rings is 1. The summed E-state index contributed by atoms with van der Waals surface area (Å²) >= 11 is 0. The highest BCUT2D eigenvalue weighted by Crippen LogP contribution is 2.33. The Hall–Kier alpha value is -3.72. The van der Waals surface area contributed by atoms with Gasteiger partial charge in [-0.15, -0.1) is 5.10 Å². The first-order chi connectivity index (χ1) is 16.9. The number of aromatic amines is 1. The number of nitrogens with zero attached hydrogens (tertiary/aromatic N) is 5. The van der Waals surface area contributed by atoms with Gasteiger partial charge in [0.2, 0.25) is 0 Å². The summed E-state index contributed by atoms with van der Waals surface area (Å²) < 4.78 is 13.3. The number of pyridine rings is 1. The Bertz CT molecular complexity index is 1380. The van der Waals surface area contributed by atoms with Gasteiger partial charge in [0.1, 0.15) is 13.2 Å². The smallest absolute Gasteiger partial charge is 0.252 e. The minimum atomic E-state index is -0.209. The third-order valence-electron chi connectivity index (χ3n) is 6.56. The summed E-state index contributed by atoms with van der Waals surface area (Å²) in [5.74, 6) is 2.12. The van der Waals surface area contributed by atoms with Gasteiger partial charge in [0.15, 0.2) is 17.3 Å². The molecule has 0 fully saturated rings. The van der Waals surface area contributed by atoms with Gasteiger partial charge >= 0.3 is 0 Å². The van der Waals surface area contributed by atoms with Crippen LogP contribution in [0.3, 0.4) is 0 Å². The highest BCUT2D eigenvalue weighted by atomic mass is 16.6. The van der Waals surface area contributed by atoms with E-state index in [2.05, 4.69) is 58.3 Å². The maximum absolute atomic E-state index is 13.1. The number of rotatable bonds is 8. The van der Waals surface area contributed by atoms with Gasteiger partial charge in [-0.25, -0.2) is 4.68 Å². The van der Waals surface area contributed by atoms with E-state index >= 15 is 0 Å². The highest BCUT2D eigenvalue weighted by Gasteiger charge is 2.25. The van der Waals surface area contributed by atoms with Crippen LogP contribution in [0.4, 0.5) is 0 Å². The fourth-order valence-electron chi connectivity index (χ4n) is 4.28. The molecule has 9 heteroatoms. The fraction of sp³-hybridized carbons (Fsp3) is 0.385. The summed E-state index contributed by atoms with van der Waals surface area (Å²) in [5.41, 5.74) is 2.21. The number of fused-ring (bicyclic) bond motifs is 2. The lowest BCUT2D eigenvalue weighted by Crippen LogP contribution is -2.32. The molecule has 0 amide bonds. The zero-order valence-corrected chi connectivity index (χ0v) is 20.3. The average molecular weight is 475 g/mol. The lowest BCUT2D eigenvalue weighted by atomic mass is 10.0. The second-order valence-electron chi connectivity index (χ2n) is 9.51. The second kappa shape index (κ2) is 9.50. The van der Waals surface area contributed by atoms with Crippen LogP contribution in [0.25, 0.3) is 10.9 Å². The third kappa shape index (κ3) is 4.90. The Morgan fingerprint density at radius 3 is 2.51 bits per heavy atom. The van der Waals surface area contributed by atoms with Gasteiger partial charge in [-0.2, -0.15) is 0 Å². The first-order valence-electron chi connectivity index (χ1n) is 11.9. The van der Waals surface area contributed by atoms with Gasteiger partial charge < -0.3 is 14.5 Å². The van der Waals surface area contributed by atoms with Crippen LogP contribution in [-0.4, -0.2) is 43.3 Å². The Labute approximate surface area is 203 Å². The first kappa shape index (κ1) is 23.0. The Balaban J connectivity index is 1.48. The number of ether oxygens (including phenoxy) is 2. The minimum absolute atomic E-state index is 0.124. The van der Waals surface area contributed by atoms with Gasteiger partial charge in [-0.1, -0.05) is 37.3 Å². The summed E-state index contributed by atoms with van der Waals surface area (Å²) in [6.45, 7) is 8.97. The molecule has 9 nitrogen and oxygen atoms in total. The first-order valence-corrected chi connectivity index (χ1v) is 11.9. The van der Waals surface area contributed by atoms with Gasteiger partial charge in [0.05, 0.1) is 17.6 Å². The van der Waals surface area contributed by atoms with E-state index in [4.69, 9.17) is 9.47 Å². The zero-order valence-electron chi connectivity index (χ0n) is 20.3. The van der Waals surface area contributed by atoms with Crippen molar-refractivity contribution in [1.82, 2.24) is 30.1 Å². The molecule has 0 atom stereocenters. The van der Waals surface area contributed by atoms with Crippen molar-refractivity contribution >= 4 is 10.9 Å². The predicted molar refractivity (Wildman–Crippen MR) is 132 cm³/mol. The van der Waals surface area contributed by atoms with Crippen LogP contribution in [0.5, 0.6) is 11.5 Å². The normalized spacial score (nSPS) is 13.5. The molecule has 0 spiro atoms. The van der Waals surface area contributed by atoms with Crippen LogP contribution in [0, 0.1) is 0 Å². The summed E-state index contributed by atoms with van der Waals surface area (Å²) in [5, 5.41) is 13.4. The Morgan fingerprint density at radius 1 is 1.03 bits per heavy atom. The van der Waals surface area contributed by atoms with Crippen LogP contribution in [0.15, 0.2) is 53.3 Å². The molecule has 1 aliphatic rings. The molecule has 2 aromatic heterocycles. The number of nitrogens with one attached hydrogen (secondary N) is 1. The molecule has 35 heavy (non-hydrogen) atoms. The molecule has 2 aromatic carbocycles. The van der Waals surface area contributed by atoms with E-state index in [1.165, 1.54) is 0 Å². The van der Waals surface area contributed by atoms with E-state index in [0.717, 1.165) is 28.7 Å². The summed E-state index contributed by atoms with van der Waals surface area (Å²) in [6, 6.07) is 15.9. The van der Waals surface area contributed by atoms with Gasteiger partial charge in [0, 0.05) is 30.1 Å². The van der Waals surface area contributed by atoms with E-state index in [1.807, 2.05) is 41.1 Å². The molecule has 0 aliphatic carbocycles. The van der Waals surface area contributed by atoms with Gasteiger partial charge in [-0.3, -0.25) is 9.69 Å². The number of aromatic nitrogens is 5. The molecule has 3 heterocycles. The lowest BCUT2D eigenvalue weighted by molar-refractivity contribution is 0.172. The molecule has 182 valence electrons. The SMILES string of the molecule is CCC(C)(C)n1nnnc1CN(Cc1ccccc1)Cc1cc2cc3c(cc2[nH]c1=O)OCCO3. The van der Waals surface area contributed by atoms with Crippen LogP contribution in [0.2, 0.25) is 0 Å². The predicted octanol–water partition coefficient (Wildman–Crippen LogP) is 3.63. The van der Waals surface area contributed by atoms with Crippen molar-refractivity contribution in [1.29, 1.82) is 0 Å². The lowest BCUT2D eigenvalue weighted by Gasteiger charge is -2.27. The molecule has 0 bridgehead atoms. The summed E-state index contributed by atoms with van der Waals surface area (Å²) in [6.07, 6.45) is 0.893. The maximum atomic E-state index is 13.1. The molecule has 0 saturated heterocycles. The quantitative estimate of drug-likeness (QED) is 0.416. The van der Waals surface area contributed by atoms with E-state index in [-0.39, 0.29) is 11.1 Å². The van der Waals surface area contributed by atoms with E-state index in [0.29, 0.717) is 49.9 Å². The van der Waals surface area contributed by atoms with Crippen LogP contribution < -0.4 is 15.0 Å². The van der Waals surface area contributed by atoms with Crippen molar-refractivity contribution < 1.29 is 9.47 Å². The third-order valence-corrected chi connectivity index (χ3v) is 6.56. The van der Waals surface area contributed by atoms with E-state index in [9.17, 15) is 4.79 Å². The topological polar surface area (TPSA) is 98.2 Å². The highest BCUT2D eigenvalue weighted by molar-refractivity contribution is 5.83. The average Bonchev–Trinajstić information content (AvgIpc) is 3.33. The minimum Gasteiger partial charge on any atom is -0.486 e. The zero-order chi connectivity index (χ0) is 24.4. The number of benzene rings is 2. The molecule has 0 unspecified atom stereocenters. The van der Waals surface area contributed by atoms with Crippen molar-refractivity contribution in [2.75, 3.05) is 13.2 Å². The van der Waals surface area contributed by atoms with Crippen molar-refractivity contribution in [3.63, 3.8) is 0 Å². The van der Waals surface area contributed by atoms with Crippen LogP contribution in [-0.2, 0) is 25.2 Å². The number of hydrogen-bond donors (Lipinski definition) is 1. The monoisotopic (exact) mass is 474 g/mol. The summed E-state index contributed by atoms with van der Waals surface area (Å²) in [4.78, 5) is 18.3. The molecule has 5 rings (SSSR count). The largest absolute Gasteiger partial charge is 0.486 e. The summed E-state index contributed by atoms with van der Waals surface area (Å²) in [7, 11) is 0. The van der Waals surface area contributed by atoms with Gasteiger partial charge in [-0.05, 0) is 48.4 Å².